The molecule has 0 fully saturated rings. The Morgan fingerprint density at radius 2 is 1.49 bits per heavy atom. The molecule has 0 heterocycles. The SMILES string of the molecule is CCCCCCCCN(C(=O)C(NC(=O)OC(C)(C)C)C(C)CC)C(C(=O)Nc1ccc2ccccc2c1)c1ccc(C)cc1. The van der Waals surface area contributed by atoms with E-state index in [-0.39, 0.29) is 17.7 Å². The maximum Gasteiger partial charge on any atom is 0.408 e. The normalized spacial score (nSPS) is 13.5. The third kappa shape index (κ3) is 10.9. The van der Waals surface area contributed by atoms with E-state index in [0.29, 0.717) is 18.7 Å². The summed E-state index contributed by atoms with van der Waals surface area (Å²) in [7, 11) is 0. The van der Waals surface area contributed by atoms with Crippen LogP contribution in [0.25, 0.3) is 10.8 Å². The lowest BCUT2D eigenvalue weighted by Crippen LogP contribution is -2.55. The van der Waals surface area contributed by atoms with E-state index < -0.39 is 23.8 Å². The van der Waals surface area contributed by atoms with Gasteiger partial charge < -0.3 is 20.3 Å². The quantitative estimate of drug-likeness (QED) is 0.167. The summed E-state index contributed by atoms with van der Waals surface area (Å²) in [6.45, 7) is 13.9. The summed E-state index contributed by atoms with van der Waals surface area (Å²) in [6, 6.07) is 19.8. The number of benzene rings is 3. The van der Waals surface area contributed by atoms with Crippen molar-refractivity contribution in [3.8, 4) is 0 Å². The maximum absolute atomic E-state index is 14.6. The van der Waals surface area contributed by atoms with Gasteiger partial charge in [0.05, 0.1) is 0 Å². The zero-order chi connectivity index (χ0) is 33.0. The molecule has 0 bridgehead atoms. The van der Waals surface area contributed by atoms with Crippen molar-refractivity contribution >= 4 is 34.4 Å². The molecule has 3 aromatic carbocycles. The first-order valence-electron chi connectivity index (χ1n) is 16.6. The van der Waals surface area contributed by atoms with Crippen molar-refractivity contribution in [3.05, 3.63) is 77.9 Å². The van der Waals surface area contributed by atoms with Crippen LogP contribution in [0, 0.1) is 12.8 Å². The van der Waals surface area contributed by atoms with Gasteiger partial charge in [-0.15, -0.1) is 0 Å². The largest absolute Gasteiger partial charge is 0.444 e. The van der Waals surface area contributed by atoms with Gasteiger partial charge in [0.1, 0.15) is 17.7 Å². The van der Waals surface area contributed by atoms with E-state index in [1.807, 2.05) is 87.5 Å². The van der Waals surface area contributed by atoms with Crippen molar-refractivity contribution in [3.63, 3.8) is 0 Å². The maximum atomic E-state index is 14.6. The number of unbranched alkanes of at least 4 members (excludes halogenated alkanes) is 5. The number of amides is 3. The van der Waals surface area contributed by atoms with E-state index in [1.54, 1.807) is 25.7 Å². The summed E-state index contributed by atoms with van der Waals surface area (Å²) < 4.78 is 5.55. The van der Waals surface area contributed by atoms with Crippen LogP contribution in [-0.2, 0) is 14.3 Å². The predicted octanol–water partition coefficient (Wildman–Crippen LogP) is 8.96. The molecule has 3 unspecified atom stereocenters. The third-order valence-corrected chi connectivity index (χ3v) is 8.16. The van der Waals surface area contributed by atoms with Crippen LogP contribution in [0.15, 0.2) is 66.7 Å². The fourth-order valence-electron chi connectivity index (χ4n) is 5.42. The highest BCUT2D eigenvalue weighted by molar-refractivity contribution is 6.00. The molecule has 0 aromatic heterocycles. The number of fused-ring (bicyclic) bond motifs is 1. The van der Waals surface area contributed by atoms with Crippen LogP contribution >= 0.6 is 0 Å². The lowest BCUT2D eigenvalue weighted by Gasteiger charge is -2.36. The van der Waals surface area contributed by atoms with Gasteiger partial charge in [-0.25, -0.2) is 4.79 Å². The summed E-state index contributed by atoms with van der Waals surface area (Å²) >= 11 is 0. The Hall–Kier alpha value is -3.87. The summed E-state index contributed by atoms with van der Waals surface area (Å²) in [6.07, 6.45) is 6.26. The molecule has 0 aliphatic carbocycles. The van der Waals surface area contributed by atoms with Gasteiger partial charge in [0.15, 0.2) is 0 Å². The van der Waals surface area contributed by atoms with Crippen molar-refractivity contribution in [2.45, 2.75) is 111 Å². The van der Waals surface area contributed by atoms with Crippen LogP contribution in [0.1, 0.15) is 104 Å². The molecule has 0 saturated heterocycles. The first kappa shape index (κ1) is 35.6. The zero-order valence-corrected chi connectivity index (χ0v) is 28.3. The van der Waals surface area contributed by atoms with E-state index in [0.717, 1.165) is 54.0 Å². The minimum atomic E-state index is -0.896. The van der Waals surface area contributed by atoms with Crippen LogP contribution in [0.3, 0.4) is 0 Å². The Morgan fingerprint density at radius 1 is 0.844 bits per heavy atom. The molecule has 3 atom stereocenters. The molecule has 45 heavy (non-hydrogen) atoms. The Morgan fingerprint density at radius 3 is 2.13 bits per heavy atom. The Balaban J connectivity index is 2.02. The summed E-state index contributed by atoms with van der Waals surface area (Å²) in [5.41, 5.74) is 1.73. The van der Waals surface area contributed by atoms with E-state index in [2.05, 4.69) is 17.6 Å². The minimum Gasteiger partial charge on any atom is -0.444 e. The first-order chi connectivity index (χ1) is 21.4. The second kappa shape index (κ2) is 17.0. The number of hydrogen-bond donors (Lipinski definition) is 2. The fraction of sp³-hybridized carbons (Fsp3) is 0.500. The summed E-state index contributed by atoms with van der Waals surface area (Å²) in [5, 5.41) is 8.07. The molecule has 244 valence electrons. The number of rotatable bonds is 15. The van der Waals surface area contributed by atoms with Crippen molar-refractivity contribution in [1.82, 2.24) is 10.2 Å². The van der Waals surface area contributed by atoms with Gasteiger partial charge >= 0.3 is 6.09 Å². The van der Waals surface area contributed by atoms with Gasteiger partial charge in [-0.2, -0.15) is 0 Å². The van der Waals surface area contributed by atoms with E-state index in [1.165, 1.54) is 6.42 Å². The molecular formula is C38H53N3O4. The van der Waals surface area contributed by atoms with Gasteiger partial charge in [-0.05, 0) is 68.5 Å². The highest BCUT2D eigenvalue weighted by Crippen LogP contribution is 2.28. The third-order valence-electron chi connectivity index (χ3n) is 8.16. The molecule has 0 aliphatic rings. The van der Waals surface area contributed by atoms with Gasteiger partial charge in [-0.3, -0.25) is 9.59 Å². The second-order valence-corrected chi connectivity index (χ2v) is 13.2. The Kier molecular flexibility index (Phi) is 13.4. The molecule has 3 rings (SSSR count). The number of carbonyl (C=O) groups is 3. The molecule has 3 aromatic rings. The summed E-state index contributed by atoms with van der Waals surface area (Å²) in [5.74, 6) is -0.768. The number of carbonyl (C=O) groups excluding carboxylic acids is 3. The molecule has 0 radical (unpaired) electrons. The average Bonchev–Trinajstić information content (AvgIpc) is 3.00. The molecule has 0 aliphatic heterocycles. The number of alkyl carbamates (subject to hydrolysis) is 1. The van der Waals surface area contributed by atoms with Gasteiger partial charge in [0.2, 0.25) is 5.91 Å². The van der Waals surface area contributed by atoms with Gasteiger partial charge in [-0.1, -0.05) is 119 Å². The van der Waals surface area contributed by atoms with E-state index in [9.17, 15) is 14.4 Å². The van der Waals surface area contributed by atoms with Crippen molar-refractivity contribution in [2.75, 3.05) is 11.9 Å². The molecule has 0 spiro atoms. The van der Waals surface area contributed by atoms with Gasteiger partial charge in [0.25, 0.3) is 5.91 Å². The van der Waals surface area contributed by atoms with Crippen molar-refractivity contribution in [1.29, 1.82) is 0 Å². The van der Waals surface area contributed by atoms with E-state index in [4.69, 9.17) is 4.74 Å². The van der Waals surface area contributed by atoms with Crippen LogP contribution < -0.4 is 10.6 Å². The number of ether oxygens (including phenoxy) is 1. The second-order valence-electron chi connectivity index (χ2n) is 13.2. The van der Waals surface area contributed by atoms with Crippen LogP contribution in [-0.4, -0.2) is 41.0 Å². The van der Waals surface area contributed by atoms with Gasteiger partial charge in [0, 0.05) is 12.2 Å². The van der Waals surface area contributed by atoms with E-state index >= 15 is 0 Å². The van der Waals surface area contributed by atoms with Crippen LogP contribution in [0.5, 0.6) is 0 Å². The van der Waals surface area contributed by atoms with Crippen molar-refractivity contribution in [2.24, 2.45) is 5.92 Å². The first-order valence-corrected chi connectivity index (χ1v) is 16.6. The lowest BCUT2D eigenvalue weighted by atomic mass is 9.95. The smallest absolute Gasteiger partial charge is 0.408 e. The highest BCUT2D eigenvalue weighted by Gasteiger charge is 2.38. The molecule has 3 amide bonds. The lowest BCUT2D eigenvalue weighted by molar-refractivity contribution is -0.142. The van der Waals surface area contributed by atoms with Crippen molar-refractivity contribution < 1.29 is 19.1 Å². The number of nitrogens with one attached hydrogen (secondary N) is 2. The van der Waals surface area contributed by atoms with Crippen LogP contribution in [0.2, 0.25) is 0 Å². The molecule has 2 N–H and O–H groups in total. The average molecular weight is 616 g/mol. The highest BCUT2D eigenvalue weighted by atomic mass is 16.6. The number of anilines is 1. The number of hydrogen-bond acceptors (Lipinski definition) is 4. The molecular weight excluding hydrogens is 562 g/mol. The zero-order valence-electron chi connectivity index (χ0n) is 28.3. The van der Waals surface area contributed by atoms with Crippen LogP contribution in [0.4, 0.5) is 10.5 Å². The minimum absolute atomic E-state index is 0.181. The predicted molar refractivity (Wildman–Crippen MR) is 184 cm³/mol. The molecule has 7 heteroatoms. The Bertz CT molecular complexity index is 1400. The molecule has 0 saturated carbocycles. The molecule has 7 nitrogen and oxygen atoms in total. The fourth-order valence-corrected chi connectivity index (χ4v) is 5.42. The topological polar surface area (TPSA) is 87.7 Å². The number of nitrogens with zero attached hydrogens (tertiary/aromatic N) is 1. The standard InChI is InChI=1S/C38H53N3O4/c1-8-10-11-12-13-16-25-41(36(43)33(28(4)9-2)40-37(44)45-38(5,6)7)34(30-21-19-27(3)20-22-30)35(42)39-32-24-23-29-17-14-15-18-31(29)26-32/h14-15,17-24,26,28,33-34H,8-13,16,25H2,1-7H3,(H,39,42)(H,40,44). The Labute approximate surface area is 270 Å². The summed E-state index contributed by atoms with van der Waals surface area (Å²) in [4.78, 5) is 43.5. The monoisotopic (exact) mass is 615 g/mol. The number of aryl methyl sites for hydroxylation is 1.